The first-order valence-corrected chi connectivity index (χ1v) is 8.12. The molecule has 0 bridgehead atoms. The lowest BCUT2D eigenvalue weighted by Crippen LogP contribution is -2.44. The smallest absolute Gasteiger partial charge is 0.122 e. The van der Waals surface area contributed by atoms with Gasteiger partial charge in [-0.25, -0.2) is 0 Å². The standard InChI is InChI=1S/C18H26N2O/c1-3-15-8-5-6-9-17(15)21-13-7-12-18(4-2,14-19)20-16-10-11-16/h5-6,8-9,16,20H,3-4,7,10-13H2,1-2H3. The Morgan fingerprint density at radius 2 is 2.10 bits per heavy atom. The molecular formula is C18H26N2O. The maximum atomic E-state index is 9.50. The van der Waals surface area contributed by atoms with E-state index in [4.69, 9.17) is 4.74 Å². The largest absolute Gasteiger partial charge is 0.493 e. The maximum Gasteiger partial charge on any atom is 0.122 e. The summed E-state index contributed by atoms with van der Waals surface area (Å²) in [6.45, 7) is 4.90. The SMILES string of the molecule is CCc1ccccc1OCCCC(C#N)(CC)NC1CC1. The Kier molecular flexibility index (Phi) is 5.64. The minimum atomic E-state index is -0.366. The molecule has 0 radical (unpaired) electrons. The number of hydrogen-bond donors (Lipinski definition) is 1. The summed E-state index contributed by atoms with van der Waals surface area (Å²) in [5, 5.41) is 13.0. The molecule has 0 amide bonds. The molecule has 1 atom stereocenters. The third kappa shape index (κ3) is 4.47. The highest BCUT2D eigenvalue weighted by atomic mass is 16.5. The zero-order chi connectivity index (χ0) is 15.1. The second-order valence-electron chi connectivity index (χ2n) is 5.88. The van der Waals surface area contributed by atoms with Crippen LogP contribution in [0.25, 0.3) is 0 Å². The molecule has 114 valence electrons. The second-order valence-corrected chi connectivity index (χ2v) is 5.88. The lowest BCUT2D eigenvalue weighted by molar-refractivity contribution is 0.273. The van der Waals surface area contributed by atoms with E-state index in [0.717, 1.165) is 31.4 Å². The molecule has 1 saturated carbocycles. The Morgan fingerprint density at radius 1 is 1.33 bits per heavy atom. The molecule has 1 unspecified atom stereocenters. The van der Waals surface area contributed by atoms with E-state index >= 15 is 0 Å². The Bertz CT molecular complexity index is 490. The molecule has 3 nitrogen and oxygen atoms in total. The van der Waals surface area contributed by atoms with Crippen molar-refractivity contribution in [2.24, 2.45) is 0 Å². The number of para-hydroxylation sites is 1. The summed E-state index contributed by atoms with van der Waals surface area (Å²) < 4.78 is 5.90. The zero-order valence-electron chi connectivity index (χ0n) is 13.2. The van der Waals surface area contributed by atoms with Crippen molar-refractivity contribution in [2.75, 3.05) is 6.61 Å². The number of benzene rings is 1. The Hall–Kier alpha value is -1.53. The number of nitrogens with zero attached hydrogens (tertiary/aromatic N) is 1. The van der Waals surface area contributed by atoms with Gasteiger partial charge in [0, 0.05) is 6.04 Å². The van der Waals surface area contributed by atoms with Crippen LogP contribution < -0.4 is 10.1 Å². The van der Waals surface area contributed by atoms with Crippen LogP contribution in [-0.2, 0) is 6.42 Å². The van der Waals surface area contributed by atoms with E-state index in [1.165, 1.54) is 18.4 Å². The summed E-state index contributed by atoms with van der Waals surface area (Å²) in [5.41, 5.74) is 0.880. The number of hydrogen-bond acceptors (Lipinski definition) is 3. The molecule has 1 aromatic rings. The molecular weight excluding hydrogens is 260 g/mol. The molecule has 0 aliphatic heterocycles. The van der Waals surface area contributed by atoms with E-state index in [1.54, 1.807) is 0 Å². The lowest BCUT2D eigenvalue weighted by atomic mass is 9.92. The highest BCUT2D eigenvalue weighted by Crippen LogP contribution is 2.27. The fourth-order valence-corrected chi connectivity index (χ4v) is 2.63. The van der Waals surface area contributed by atoms with Gasteiger partial charge in [-0.2, -0.15) is 5.26 Å². The van der Waals surface area contributed by atoms with Gasteiger partial charge in [-0.3, -0.25) is 5.32 Å². The van der Waals surface area contributed by atoms with Crippen LogP contribution in [0, 0.1) is 11.3 Å². The third-order valence-electron chi connectivity index (χ3n) is 4.23. The van der Waals surface area contributed by atoms with E-state index in [9.17, 15) is 5.26 Å². The monoisotopic (exact) mass is 286 g/mol. The van der Waals surface area contributed by atoms with E-state index in [1.807, 2.05) is 18.2 Å². The zero-order valence-corrected chi connectivity index (χ0v) is 13.2. The normalized spacial score (nSPS) is 17.0. The Labute approximate surface area is 128 Å². The van der Waals surface area contributed by atoms with Crippen LogP contribution in [0.5, 0.6) is 5.75 Å². The first-order valence-electron chi connectivity index (χ1n) is 8.12. The summed E-state index contributed by atoms with van der Waals surface area (Å²) in [5.74, 6) is 0.981. The van der Waals surface area contributed by atoms with Crippen molar-refractivity contribution in [3.63, 3.8) is 0 Å². The van der Waals surface area contributed by atoms with Crippen LogP contribution in [0.2, 0.25) is 0 Å². The van der Waals surface area contributed by atoms with Crippen LogP contribution in [0.15, 0.2) is 24.3 Å². The first-order chi connectivity index (χ1) is 10.2. The fraction of sp³-hybridized carbons (Fsp3) is 0.611. The van der Waals surface area contributed by atoms with Crippen LogP contribution in [0.3, 0.4) is 0 Å². The molecule has 1 N–H and O–H groups in total. The molecule has 21 heavy (non-hydrogen) atoms. The summed E-state index contributed by atoms with van der Waals surface area (Å²) in [4.78, 5) is 0. The number of nitrogens with one attached hydrogen (secondary N) is 1. The second kappa shape index (κ2) is 7.47. The molecule has 2 rings (SSSR count). The highest BCUT2D eigenvalue weighted by Gasteiger charge is 2.34. The summed E-state index contributed by atoms with van der Waals surface area (Å²) in [6, 6.07) is 11.2. The van der Waals surface area contributed by atoms with Gasteiger partial charge in [0.15, 0.2) is 0 Å². The fourth-order valence-electron chi connectivity index (χ4n) is 2.63. The summed E-state index contributed by atoms with van der Waals surface area (Å²) >= 11 is 0. The van der Waals surface area contributed by atoms with Gasteiger partial charge >= 0.3 is 0 Å². The molecule has 0 spiro atoms. The van der Waals surface area contributed by atoms with Gasteiger partial charge in [-0.15, -0.1) is 0 Å². The minimum Gasteiger partial charge on any atom is -0.493 e. The lowest BCUT2D eigenvalue weighted by Gasteiger charge is -2.26. The number of aryl methyl sites for hydroxylation is 1. The van der Waals surface area contributed by atoms with Gasteiger partial charge in [0.05, 0.1) is 12.7 Å². The van der Waals surface area contributed by atoms with Crippen molar-refractivity contribution in [1.29, 1.82) is 5.26 Å². The van der Waals surface area contributed by atoms with E-state index < -0.39 is 0 Å². The van der Waals surface area contributed by atoms with Crippen LogP contribution >= 0.6 is 0 Å². The molecule has 1 aromatic carbocycles. The average molecular weight is 286 g/mol. The van der Waals surface area contributed by atoms with Crippen molar-refractivity contribution >= 4 is 0 Å². The van der Waals surface area contributed by atoms with Crippen LogP contribution in [0.1, 0.15) is 51.5 Å². The van der Waals surface area contributed by atoms with Gasteiger partial charge < -0.3 is 4.74 Å². The Balaban J connectivity index is 1.81. The van der Waals surface area contributed by atoms with Crippen molar-refractivity contribution in [3.8, 4) is 11.8 Å². The molecule has 0 aromatic heterocycles. The summed E-state index contributed by atoms with van der Waals surface area (Å²) in [7, 11) is 0. The van der Waals surface area contributed by atoms with Crippen molar-refractivity contribution in [2.45, 2.75) is 64.0 Å². The third-order valence-corrected chi connectivity index (χ3v) is 4.23. The van der Waals surface area contributed by atoms with Gasteiger partial charge in [-0.05, 0) is 50.2 Å². The number of rotatable bonds is 9. The molecule has 1 aliphatic rings. The molecule has 1 fully saturated rings. The van der Waals surface area contributed by atoms with Crippen molar-refractivity contribution in [3.05, 3.63) is 29.8 Å². The number of nitriles is 1. The van der Waals surface area contributed by atoms with Gasteiger partial charge in [-0.1, -0.05) is 32.0 Å². The van der Waals surface area contributed by atoms with Gasteiger partial charge in [0.2, 0.25) is 0 Å². The highest BCUT2D eigenvalue weighted by molar-refractivity contribution is 5.33. The van der Waals surface area contributed by atoms with Crippen molar-refractivity contribution < 1.29 is 4.74 Å². The predicted molar refractivity (Wildman–Crippen MR) is 85.3 cm³/mol. The minimum absolute atomic E-state index is 0.366. The topological polar surface area (TPSA) is 45.0 Å². The van der Waals surface area contributed by atoms with E-state index in [2.05, 4.69) is 31.3 Å². The number of ether oxygens (including phenoxy) is 1. The Morgan fingerprint density at radius 3 is 2.71 bits per heavy atom. The average Bonchev–Trinajstić information content (AvgIpc) is 3.34. The van der Waals surface area contributed by atoms with E-state index in [0.29, 0.717) is 12.6 Å². The van der Waals surface area contributed by atoms with Crippen molar-refractivity contribution in [1.82, 2.24) is 5.32 Å². The first kappa shape index (κ1) is 15.9. The molecule has 0 saturated heterocycles. The summed E-state index contributed by atoms with van der Waals surface area (Å²) in [6.07, 6.45) is 6.01. The maximum absolute atomic E-state index is 9.50. The van der Waals surface area contributed by atoms with Crippen LogP contribution in [-0.4, -0.2) is 18.2 Å². The molecule has 0 heterocycles. The predicted octanol–water partition coefficient (Wildman–Crippen LogP) is 3.83. The molecule has 1 aliphatic carbocycles. The van der Waals surface area contributed by atoms with E-state index in [-0.39, 0.29) is 5.54 Å². The van der Waals surface area contributed by atoms with Gasteiger partial charge in [0.1, 0.15) is 11.3 Å². The van der Waals surface area contributed by atoms with Gasteiger partial charge in [0.25, 0.3) is 0 Å². The molecule has 3 heteroatoms. The van der Waals surface area contributed by atoms with Crippen LogP contribution in [0.4, 0.5) is 0 Å². The quantitative estimate of drug-likeness (QED) is 0.702.